The van der Waals surface area contributed by atoms with Gasteiger partial charge in [-0.1, -0.05) is 6.42 Å². The minimum atomic E-state index is 0.219. The highest BCUT2D eigenvalue weighted by Gasteiger charge is 2.41. The number of aryl methyl sites for hydroxylation is 1. The topological polar surface area (TPSA) is 67.4 Å². The number of nitrogens with zero attached hydrogens (tertiary/aromatic N) is 4. The van der Waals surface area contributed by atoms with Crippen LogP contribution in [-0.2, 0) is 18.4 Å². The van der Waals surface area contributed by atoms with Crippen molar-refractivity contribution in [3.05, 3.63) is 18.2 Å². The molecule has 4 rings (SSSR count). The summed E-state index contributed by atoms with van der Waals surface area (Å²) in [6.45, 7) is 4.45. The molecule has 1 amide bonds. The normalized spacial score (nSPS) is 33.4. The number of rotatable bonds is 3. The molecule has 2 saturated carbocycles. The summed E-state index contributed by atoms with van der Waals surface area (Å²) in [6.07, 6.45) is 9.61. The van der Waals surface area contributed by atoms with E-state index in [2.05, 4.69) is 19.4 Å². The van der Waals surface area contributed by atoms with Crippen molar-refractivity contribution in [2.75, 3.05) is 26.2 Å². The van der Waals surface area contributed by atoms with Gasteiger partial charge in [-0.3, -0.25) is 9.69 Å². The van der Waals surface area contributed by atoms with Crippen molar-refractivity contribution in [3.8, 4) is 0 Å². The van der Waals surface area contributed by atoms with Crippen molar-refractivity contribution in [2.24, 2.45) is 30.5 Å². The molecule has 1 saturated heterocycles. The van der Waals surface area contributed by atoms with Crippen molar-refractivity contribution < 1.29 is 4.79 Å². The first-order valence-corrected chi connectivity index (χ1v) is 9.84. The fraction of sp³-hybridized carbons (Fsp3) is 0.789. The van der Waals surface area contributed by atoms with Gasteiger partial charge in [0.15, 0.2) is 0 Å². The first-order valence-electron chi connectivity index (χ1n) is 9.84. The van der Waals surface area contributed by atoms with E-state index in [1.54, 1.807) is 0 Å². The van der Waals surface area contributed by atoms with Gasteiger partial charge in [0, 0.05) is 57.6 Å². The first kappa shape index (κ1) is 17.0. The number of amides is 1. The molecule has 2 atom stereocenters. The van der Waals surface area contributed by atoms with Crippen LogP contribution in [0.4, 0.5) is 0 Å². The molecule has 2 unspecified atom stereocenters. The zero-order chi connectivity index (χ0) is 17.4. The second-order valence-corrected chi connectivity index (χ2v) is 8.25. The van der Waals surface area contributed by atoms with Gasteiger partial charge in [-0.2, -0.15) is 0 Å². The average molecular weight is 345 g/mol. The number of carbonyl (C=O) groups is 1. The molecule has 3 fully saturated rings. The molecule has 1 aliphatic heterocycles. The number of nitrogens with two attached hydrogens (primary N) is 1. The van der Waals surface area contributed by atoms with Crippen molar-refractivity contribution in [1.29, 1.82) is 0 Å². The number of aromatic nitrogens is 2. The Kier molecular flexibility index (Phi) is 4.82. The summed E-state index contributed by atoms with van der Waals surface area (Å²) in [6, 6.07) is 0.340. The van der Waals surface area contributed by atoms with Gasteiger partial charge in [-0.05, 0) is 37.5 Å². The smallest absolute Gasteiger partial charge is 0.225 e. The van der Waals surface area contributed by atoms with Gasteiger partial charge in [0.2, 0.25) is 5.91 Å². The molecule has 0 spiro atoms. The van der Waals surface area contributed by atoms with Gasteiger partial charge in [0.05, 0.1) is 6.54 Å². The van der Waals surface area contributed by atoms with Crippen LogP contribution < -0.4 is 5.73 Å². The van der Waals surface area contributed by atoms with E-state index in [1.807, 2.05) is 19.4 Å². The Hall–Kier alpha value is -1.40. The van der Waals surface area contributed by atoms with Crippen LogP contribution >= 0.6 is 0 Å². The number of hydrogen-bond donors (Lipinski definition) is 1. The molecule has 1 aromatic rings. The number of fused-ring (bicyclic) bond motifs is 2. The molecule has 138 valence electrons. The van der Waals surface area contributed by atoms with Crippen molar-refractivity contribution in [3.63, 3.8) is 0 Å². The second kappa shape index (κ2) is 7.08. The Morgan fingerprint density at radius 2 is 1.88 bits per heavy atom. The molecule has 1 aromatic heterocycles. The van der Waals surface area contributed by atoms with Crippen molar-refractivity contribution in [2.45, 2.75) is 44.7 Å². The lowest BCUT2D eigenvalue weighted by Crippen LogP contribution is -2.53. The highest BCUT2D eigenvalue weighted by Crippen LogP contribution is 2.42. The van der Waals surface area contributed by atoms with Crippen LogP contribution in [-0.4, -0.2) is 57.5 Å². The predicted octanol–water partition coefficient (Wildman–Crippen LogP) is 1.22. The van der Waals surface area contributed by atoms with Gasteiger partial charge in [0.1, 0.15) is 5.82 Å². The van der Waals surface area contributed by atoms with E-state index in [4.69, 9.17) is 5.73 Å². The second-order valence-electron chi connectivity index (χ2n) is 8.25. The van der Waals surface area contributed by atoms with E-state index in [9.17, 15) is 4.79 Å². The first-order chi connectivity index (χ1) is 12.1. The van der Waals surface area contributed by atoms with Crippen molar-refractivity contribution >= 4 is 5.91 Å². The minimum absolute atomic E-state index is 0.219. The number of imidazole rings is 1. The quantitative estimate of drug-likeness (QED) is 0.894. The van der Waals surface area contributed by atoms with Gasteiger partial charge >= 0.3 is 0 Å². The fourth-order valence-electron chi connectivity index (χ4n) is 5.12. The van der Waals surface area contributed by atoms with Crippen LogP contribution in [0.5, 0.6) is 0 Å². The molecule has 2 aliphatic carbocycles. The fourth-order valence-corrected chi connectivity index (χ4v) is 5.12. The Bertz CT molecular complexity index is 593. The Morgan fingerprint density at radius 3 is 2.48 bits per heavy atom. The standard InChI is InChI=1S/C19H31N5O/c1-22-6-5-21-17(22)13-23-7-9-24(10-8-23)19(25)16-11-14-3-2-4-15(12-16)18(14)20/h5-6,14-16,18H,2-4,7-13,20H2,1H3. The molecule has 6 nitrogen and oxygen atoms in total. The molecule has 6 heteroatoms. The maximum atomic E-state index is 13.0. The summed E-state index contributed by atoms with van der Waals surface area (Å²) in [5, 5.41) is 0. The van der Waals surface area contributed by atoms with Crippen molar-refractivity contribution in [1.82, 2.24) is 19.4 Å². The summed E-state index contributed by atoms with van der Waals surface area (Å²) in [5.74, 6) is 2.85. The molecular formula is C19H31N5O. The lowest BCUT2D eigenvalue weighted by Gasteiger charge is -2.45. The third-order valence-electron chi connectivity index (χ3n) is 6.73. The highest BCUT2D eigenvalue weighted by atomic mass is 16.2. The van der Waals surface area contributed by atoms with E-state index in [0.717, 1.165) is 51.4 Å². The highest BCUT2D eigenvalue weighted by molar-refractivity contribution is 5.79. The summed E-state index contributed by atoms with van der Waals surface area (Å²) in [7, 11) is 2.03. The number of hydrogen-bond acceptors (Lipinski definition) is 4. The molecule has 2 bridgehead atoms. The lowest BCUT2D eigenvalue weighted by atomic mass is 9.65. The van der Waals surface area contributed by atoms with Gasteiger partial charge < -0.3 is 15.2 Å². The summed E-state index contributed by atoms with van der Waals surface area (Å²) < 4.78 is 2.07. The van der Waals surface area contributed by atoms with Crippen LogP contribution in [0.25, 0.3) is 0 Å². The minimum Gasteiger partial charge on any atom is -0.340 e. The Balaban J connectivity index is 1.30. The molecule has 2 N–H and O–H groups in total. The van der Waals surface area contributed by atoms with Crippen LogP contribution in [0.3, 0.4) is 0 Å². The molecule has 25 heavy (non-hydrogen) atoms. The monoisotopic (exact) mass is 345 g/mol. The van der Waals surface area contributed by atoms with E-state index < -0.39 is 0 Å². The van der Waals surface area contributed by atoms with E-state index in [1.165, 1.54) is 19.3 Å². The predicted molar refractivity (Wildman–Crippen MR) is 96.6 cm³/mol. The lowest BCUT2D eigenvalue weighted by molar-refractivity contribution is -0.140. The Labute approximate surface area is 150 Å². The largest absolute Gasteiger partial charge is 0.340 e. The molecule has 0 aromatic carbocycles. The third-order valence-corrected chi connectivity index (χ3v) is 6.73. The van der Waals surface area contributed by atoms with Crippen LogP contribution in [0.1, 0.15) is 37.9 Å². The van der Waals surface area contributed by atoms with Gasteiger partial charge in [0.25, 0.3) is 0 Å². The van der Waals surface area contributed by atoms with Gasteiger partial charge in [-0.15, -0.1) is 0 Å². The molecular weight excluding hydrogens is 314 g/mol. The van der Waals surface area contributed by atoms with E-state index in [-0.39, 0.29) is 5.92 Å². The van der Waals surface area contributed by atoms with E-state index in [0.29, 0.717) is 23.8 Å². The Morgan fingerprint density at radius 1 is 1.20 bits per heavy atom. The zero-order valence-electron chi connectivity index (χ0n) is 15.3. The summed E-state index contributed by atoms with van der Waals surface area (Å²) in [5.41, 5.74) is 6.38. The average Bonchev–Trinajstić information content (AvgIpc) is 3.00. The molecule has 3 aliphatic rings. The zero-order valence-corrected chi connectivity index (χ0v) is 15.3. The van der Waals surface area contributed by atoms with E-state index >= 15 is 0 Å². The number of carbonyl (C=O) groups excluding carboxylic acids is 1. The maximum absolute atomic E-state index is 13.0. The van der Waals surface area contributed by atoms with Crippen LogP contribution in [0.15, 0.2) is 12.4 Å². The van der Waals surface area contributed by atoms with Gasteiger partial charge in [-0.25, -0.2) is 4.98 Å². The van der Waals surface area contributed by atoms with Crippen LogP contribution in [0, 0.1) is 17.8 Å². The molecule has 0 radical (unpaired) electrons. The maximum Gasteiger partial charge on any atom is 0.225 e. The SMILES string of the molecule is Cn1ccnc1CN1CCN(C(=O)C2CC3CCCC(C2)C3N)CC1. The summed E-state index contributed by atoms with van der Waals surface area (Å²) >= 11 is 0. The number of piperazine rings is 1. The molecule has 2 heterocycles. The third kappa shape index (κ3) is 3.47. The van der Waals surface area contributed by atoms with Crippen LogP contribution in [0.2, 0.25) is 0 Å². The summed E-state index contributed by atoms with van der Waals surface area (Å²) in [4.78, 5) is 21.9.